The lowest BCUT2D eigenvalue weighted by Gasteiger charge is -2.38. The van der Waals surface area contributed by atoms with Crippen LogP contribution in [0.1, 0.15) is 46.9 Å². The largest absolute Gasteiger partial charge is 0.388 e. The Labute approximate surface area is 109 Å². The van der Waals surface area contributed by atoms with Gasteiger partial charge in [-0.2, -0.15) is 0 Å². The minimum atomic E-state index is -0.877. The van der Waals surface area contributed by atoms with E-state index in [0.29, 0.717) is 11.6 Å². The van der Waals surface area contributed by atoms with Crippen molar-refractivity contribution in [1.82, 2.24) is 9.97 Å². The van der Waals surface area contributed by atoms with Crippen LogP contribution in [0.5, 0.6) is 0 Å². The van der Waals surface area contributed by atoms with Gasteiger partial charge >= 0.3 is 0 Å². The highest BCUT2D eigenvalue weighted by molar-refractivity contribution is 5.46. The van der Waals surface area contributed by atoms with Crippen molar-refractivity contribution >= 4 is 11.6 Å². The topological polar surface area (TPSA) is 84.1 Å². The summed E-state index contributed by atoms with van der Waals surface area (Å²) in [6.45, 7) is 9.44. The van der Waals surface area contributed by atoms with Gasteiger partial charge in [-0.1, -0.05) is 6.92 Å². The van der Waals surface area contributed by atoms with Crippen LogP contribution in [-0.2, 0) is 6.42 Å². The van der Waals surface area contributed by atoms with Crippen molar-refractivity contribution in [2.45, 2.75) is 58.6 Å². The summed E-state index contributed by atoms with van der Waals surface area (Å²) in [6, 6.07) is 1.69. The first-order chi connectivity index (χ1) is 8.15. The highest BCUT2D eigenvalue weighted by Crippen LogP contribution is 2.25. The van der Waals surface area contributed by atoms with E-state index in [0.717, 1.165) is 18.7 Å². The SMILES string of the molecule is CCCc1nc(N)cc(NC(C)(C)C(C)(C)O)n1. The smallest absolute Gasteiger partial charge is 0.133 e. The maximum absolute atomic E-state index is 10.1. The molecule has 0 atom stereocenters. The van der Waals surface area contributed by atoms with E-state index in [4.69, 9.17) is 5.73 Å². The zero-order valence-corrected chi connectivity index (χ0v) is 11.9. The van der Waals surface area contributed by atoms with Crippen LogP contribution in [-0.4, -0.2) is 26.2 Å². The van der Waals surface area contributed by atoms with Crippen molar-refractivity contribution in [2.75, 3.05) is 11.1 Å². The molecule has 0 unspecified atom stereocenters. The Kier molecular flexibility index (Phi) is 4.16. The summed E-state index contributed by atoms with van der Waals surface area (Å²) in [6.07, 6.45) is 1.76. The average Bonchev–Trinajstić information content (AvgIpc) is 2.13. The van der Waals surface area contributed by atoms with Crippen LogP contribution in [0.25, 0.3) is 0 Å². The lowest BCUT2D eigenvalue weighted by molar-refractivity contribution is 0.0238. The van der Waals surface area contributed by atoms with Crippen LogP contribution >= 0.6 is 0 Å². The van der Waals surface area contributed by atoms with Crippen LogP contribution in [0.4, 0.5) is 11.6 Å². The summed E-state index contributed by atoms with van der Waals surface area (Å²) >= 11 is 0. The molecular formula is C13H24N4O. The quantitative estimate of drug-likeness (QED) is 0.746. The fourth-order valence-corrected chi connectivity index (χ4v) is 1.39. The second kappa shape index (κ2) is 5.10. The molecule has 0 spiro atoms. The number of aliphatic hydroxyl groups is 1. The first-order valence-electron chi connectivity index (χ1n) is 6.29. The van der Waals surface area contributed by atoms with Crippen molar-refractivity contribution in [1.29, 1.82) is 0 Å². The summed E-state index contributed by atoms with van der Waals surface area (Å²) in [5.41, 5.74) is 4.37. The summed E-state index contributed by atoms with van der Waals surface area (Å²) in [7, 11) is 0. The van der Waals surface area contributed by atoms with E-state index in [-0.39, 0.29) is 0 Å². The van der Waals surface area contributed by atoms with Gasteiger partial charge in [0.1, 0.15) is 17.5 Å². The van der Waals surface area contributed by atoms with Gasteiger partial charge in [0.2, 0.25) is 0 Å². The molecule has 4 N–H and O–H groups in total. The molecule has 0 radical (unpaired) electrons. The van der Waals surface area contributed by atoms with E-state index >= 15 is 0 Å². The van der Waals surface area contributed by atoms with Crippen molar-refractivity contribution in [3.05, 3.63) is 11.9 Å². The molecule has 5 nitrogen and oxygen atoms in total. The van der Waals surface area contributed by atoms with E-state index in [1.165, 1.54) is 0 Å². The fraction of sp³-hybridized carbons (Fsp3) is 0.692. The third kappa shape index (κ3) is 3.57. The number of rotatable bonds is 5. The van der Waals surface area contributed by atoms with E-state index < -0.39 is 11.1 Å². The number of hydrogen-bond donors (Lipinski definition) is 3. The highest BCUT2D eigenvalue weighted by atomic mass is 16.3. The van der Waals surface area contributed by atoms with Gasteiger partial charge in [0.05, 0.1) is 11.1 Å². The van der Waals surface area contributed by atoms with Crippen LogP contribution < -0.4 is 11.1 Å². The second-order valence-corrected chi connectivity index (χ2v) is 5.65. The summed E-state index contributed by atoms with van der Waals surface area (Å²) in [5.74, 6) is 1.83. The molecule has 0 fully saturated rings. The average molecular weight is 252 g/mol. The fourth-order valence-electron chi connectivity index (χ4n) is 1.39. The maximum Gasteiger partial charge on any atom is 0.133 e. The van der Waals surface area contributed by atoms with Crippen LogP contribution in [0.2, 0.25) is 0 Å². The van der Waals surface area contributed by atoms with Crippen LogP contribution in [0.15, 0.2) is 6.07 Å². The number of nitrogens with one attached hydrogen (secondary N) is 1. The van der Waals surface area contributed by atoms with Gasteiger partial charge in [-0.25, -0.2) is 9.97 Å². The molecule has 0 amide bonds. The number of nitrogens with two attached hydrogens (primary N) is 1. The molecule has 102 valence electrons. The predicted octanol–water partition coefficient (Wildman–Crippen LogP) is 1.97. The number of nitrogen functional groups attached to an aromatic ring is 1. The van der Waals surface area contributed by atoms with E-state index in [1.54, 1.807) is 19.9 Å². The Morgan fingerprint density at radius 3 is 2.39 bits per heavy atom. The molecule has 0 saturated heterocycles. The Balaban J connectivity index is 2.97. The number of anilines is 2. The Morgan fingerprint density at radius 2 is 1.89 bits per heavy atom. The van der Waals surface area contributed by atoms with Crippen molar-refractivity contribution in [3.8, 4) is 0 Å². The standard InChI is InChI=1S/C13H24N4O/c1-6-7-10-15-9(14)8-11(16-10)17-12(2,3)13(4,5)18/h8,18H,6-7H2,1-5H3,(H3,14,15,16,17). The molecule has 0 aliphatic rings. The molecule has 1 aromatic heterocycles. The van der Waals surface area contributed by atoms with Crippen LogP contribution in [0, 0.1) is 0 Å². The Bertz CT molecular complexity index is 410. The third-order valence-corrected chi connectivity index (χ3v) is 3.24. The van der Waals surface area contributed by atoms with Gasteiger partial charge < -0.3 is 16.2 Å². The van der Waals surface area contributed by atoms with E-state index in [2.05, 4.69) is 22.2 Å². The molecule has 1 rings (SSSR count). The molecule has 1 aromatic rings. The molecule has 0 aliphatic heterocycles. The summed E-state index contributed by atoms with van der Waals surface area (Å²) in [5, 5.41) is 13.3. The normalized spacial score (nSPS) is 12.6. The van der Waals surface area contributed by atoms with Crippen molar-refractivity contribution < 1.29 is 5.11 Å². The molecular weight excluding hydrogens is 228 g/mol. The Hall–Kier alpha value is -1.36. The second-order valence-electron chi connectivity index (χ2n) is 5.65. The highest BCUT2D eigenvalue weighted by Gasteiger charge is 2.35. The summed E-state index contributed by atoms with van der Waals surface area (Å²) < 4.78 is 0. The molecule has 0 aromatic carbocycles. The van der Waals surface area contributed by atoms with Crippen molar-refractivity contribution in [3.63, 3.8) is 0 Å². The third-order valence-electron chi connectivity index (χ3n) is 3.24. The lowest BCUT2D eigenvalue weighted by Crippen LogP contribution is -2.51. The van der Waals surface area contributed by atoms with Gasteiger partial charge in [0.15, 0.2) is 0 Å². The zero-order valence-electron chi connectivity index (χ0n) is 11.9. The monoisotopic (exact) mass is 252 g/mol. The van der Waals surface area contributed by atoms with Gasteiger partial charge in [-0.3, -0.25) is 0 Å². The molecule has 0 aliphatic carbocycles. The first-order valence-corrected chi connectivity index (χ1v) is 6.29. The number of hydrogen-bond acceptors (Lipinski definition) is 5. The van der Waals surface area contributed by atoms with E-state index in [1.807, 2.05) is 13.8 Å². The lowest BCUT2D eigenvalue weighted by atomic mass is 9.86. The van der Waals surface area contributed by atoms with Gasteiger partial charge in [-0.15, -0.1) is 0 Å². The first kappa shape index (κ1) is 14.7. The maximum atomic E-state index is 10.1. The predicted molar refractivity (Wildman–Crippen MR) is 74.4 cm³/mol. The van der Waals surface area contributed by atoms with Gasteiger partial charge in [0, 0.05) is 12.5 Å². The van der Waals surface area contributed by atoms with Gasteiger partial charge in [-0.05, 0) is 34.1 Å². The number of nitrogens with zero attached hydrogens (tertiary/aromatic N) is 2. The molecule has 1 heterocycles. The minimum Gasteiger partial charge on any atom is -0.388 e. The van der Waals surface area contributed by atoms with Crippen molar-refractivity contribution in [2.24, 2.45) is 0 Å². The zero-order chi connectivity index (χ0) is 14.0. The minimum absolute atomic E-state index is 0.447. The number of aryl methyl sites for hydroxylation is 1. The molecule has 5 heteroatoms. The van der Waals surface area contributed by atoms with E-state index in [9.17, 15) is 5.11 Å². The van der Waals surface area contributed by atoms with Crippen LogP contribution in [0.3, 0.4) is 0 Å². The number of aromatic nitrogens is 2. The molecule has 0 saturated carbocycles. The molecule has 18 heavy (non-hydrogen) atoms. The van der Waals surface area contributed by atoms with Gasteiger partial charge in [0.25, 0.3) is 0 Å². The Morgan fingerprint density at radius 1 is 1.28 bits per heavy atom. The molecule has 0 bridgehead atoms. The summed E-state index contributed by atoms with van der Waals surface area (Å²) in [4.78, 5) is 8.59.